The topological polar surface area (TPSA) is 15.3 Å². The van der Waals surface area contributed by atoms with Gasteiger partial charge in [0.15, 0.2) is 0 Å². The van der Waals surface area contributed by atoms with E-state index in [0.717, 1.165) is 19.0 Å². The van der Waals surface area contributed by atoms with Gasteiger partial charge in [-0.15, -0.1) is 0 Å². The molecule has 1 fully saturated rings. The summed E-state index contributed by atoms with van der Waals surface area (Å²) in [7, 11) is 2.02. The predicted molar refractivity (Wildman–Crippen MR) is 91.6 cm³/mol. The molecule has 0 spiro atoms. The lowest BCUT2D eigenvalue weighted by atomic mass is 9.80. The van der Waals surface area contributed by atoms with Gasteiger partial charge in [-0.05, 0) is 48.4 Å². The fourth-order valence-electron chi connectivity index (χ4n) is 3.32. The lowest BCUT2D eigenvalue weighted by Gasteiger charge is -2.27. The molecule has 0 aromatic heterocycles. The molecule has 0 bridgehead atoms. The van der Waals surface area contributed by atoms with E-state index in [1.165, 1.54) is 30.6 Å². The van der Waals surface area contributed by atoms with Gasteiger partial charge in [0.05, 0.1) is 0 Å². The van der Waals surface area contributed by atoms with Crippen molar-refractivity contribution in [2.45, 2.75) is 46.6 Å². The molecule has 21 heavy (non-hydrogen) atoms. The van der Waals surface area contributed by atoms with Gasteiger partial charge < -0.3 is 5.32 Å². The zero-order valence-electron chi connectivity index (χ0n) is 14.4. The van der Waals surface area contributed by atoms with Crippen molar-refractivity contribution in [3.05, 3.63) is 35.4 Å². The van der Waals surface area contributed by atoms with Crippen LogP contribution in [0.2, 0.25) is 0 Å². The minimum absolute atomic E-state index is 0.446. The Morgan fingerprint density at radius 1 is 1.24 bits per heavy atom. The van der Waals surface area contributed by atoms with Crippen molar-refractivity contribution in [2.24, 2.45) is 11.3 Å². The second kappa shape index (κ2) is 6.93. The highest BCUT2D eigenvalue weighted by molar-refractivity contribution is 5.25. The summed E-state index contributed by atoms with van der Waals surface area (Å²) in [5, 5.41) is 3.25. The Bertz CT molecular complexity index is 430. The van der Waals surface area contributed by atoms with E-state index in [-0.39, 0.29) is 0 Å². The van der Waals surface area contributed by atoms with Gasteiger partial charge >= 0.3 is 0 Å². The van der Waals surface area contributed by atoms with Crippen LogP contribution in [0, 0.1) is 11.3 Å². The van der Waals surface area contributed by atoms with Crippen molar-refractivity contribution in [1.29, 1.82) is 0 Å². The van der Waals surface area contributed by atoms with Gasteiger partial charge in [-0.3, -0.25) is 4.90 Å². The maximum atomic E-state index is 3.25. The van der Waals surface area contributed by atoms with Crippen molar-refractivity contribution >= 4 is 0 Å². The number of likely N-dealkylation sites (N-methyl/N-ethyl adjacent to an activating group) is 1. The second-order valence-corrected chi connectivity index (χ2v) is 7.79. The van der Waals surface area contributed by atoms with Crippen LogP contribution in [0.1, 0.15) is 51.2 Å². The molecule has 2 unspecified atom stereocenters. The third kappa shape index (κ3) is 4.55. The summed E-state index contributed by atoms with van der Waals surface area (Å²) in [6.07, 6.45) is 1.35. The van der Waals surface area contributed by atoms with Crippen molar-refractivity contribution in [3.8, 4) is 0 Å². The maximum absolute atomic E-state index is 3.25. The first-order chi connectivity index (χ1) is 9.90. The Morgan fingerprint density at radius 3 is 2.43 bits per heavy atom. The predicted octanol–water partition coefficient (Wildman–Crippen LogP) is 3.88. The van der Waals surface area contributed by atoms with Gasteiger partial charge in [-0.1, -0.05) is 52.0 Å². The highest BCUT2D eigenvalue weighted by Gasteiger charge is 2.31. The number of nitrogens with one attached hydrogen (secondary N) is 1. The van der Waals surface area contributed by atoms with Crippen LogP contribution < -0.4 is 5.32 Å². The summed E-state index contributed by atoms with van der Waals surface area (Å²) in [6, 6.07) is 9.22. The van der Waals surface area contributed by atoms with Gasteiger partial charge in [0.2, 0.25) is 0 Å². The number of benzene rings is 1. The minimum Gasteiger partial charge on any atom is -0.319 e. The molecule has 0 aliphatic carbocycles. The molecule has 1 aliphatic heterocycles. The molecule has 1 aromatic rings. The highest BCUT2D eigenvalue weighted by atomic mass is 15.1. The number of likely N-dealkylation sites (tertiary alicyclic amines) is 1. The van der Waals surface area contributed by atoms with Gasteiger partial charge in [0, 0.05) is 19.6 Å². The number of rotatable bonds is 5. The standard InChI is InChI=1S/C19H32N2/c1-15(12-20-5)17-8-6-16(7-9-17)13-21-11-10-18(14-21)19(2,3)4/h6-9,15,18,20H,10-14H2,1-5H3. The first-order valence-electron chi connectivity index (χ1n) is 8.36. The first-order valence-corrected chi connectivity index (χ1v) is 8.36. The zero-order chi connectivity index (χ0) is 15.5. The molecule has 1 aliphatic rings. The quantitative estimate of drug-likeness (QED) is 0.884. The van der Waals surface area contributed by atoms with Crippen molar-refractivity contribution in [1.82, 2.24) is 10.2 Å². The Hall–Kier alpha value is -0.860. The molecule has 1 heterocycles. The Labute approximate surface area is 130 Å². The van der Waals surface area contributed by atoms with Crippen LogP contribution >= 0.6 is 0 Å². The summed E-state index contributed by atoms with van der Waals surface area (Å²) >= 11 is 0. The SMILES string of the molecule is CNCC(C)c1ccc(CN2CCC(C(C)(C)C)C2)cc1. The fraction of sp³-hybridized carbons (Fsp3) is 0.684. The van der Waals surface area contributed by atoms with Crippen LogP contribution in [-0.4, -0.2) is 31.6 Å². The lowest BCUT2D eigenvalue weighted by Crippen LogP contribution is -2.25. The number of hydrogen-bond donors (Lipinski definition) is 1. The van der Waals surface area contributed by atoms with E-state index in [9.17, 15) is 0 Å². The molecule has 2 nitrogen and oxygen atoms in total. The van der Waals surface area contributed by atoms with Crippen LogP contribution in [0.25, 0.3) is 0 Å². The summed E-state index contributed by atoms with van der Waals surface area (Å²) in [5.74, 6) is 1.42. The summed E-state index contributed by atoms with van der Waals surface area (Å²) in [6.45, 7) is 14.0. The van der Waals surface area contributed by atoms with Crippen LogP contribution in [0.4, 0.5) is 0 Å². The largest absolute Gasteiger partial charge is 0.319 e. The molecule has 2 atom stereocenters. The zero-order valence-corrected chi connectivity index (χ0v) is 14.4. The molecule has 0 radical (unpaired) electrons. The summed E-state index contributed by atoms with van der Waals surface area (Å²) in [5.41, 5.74) is 3.33. The van der Waals surface area contributed by atoms with E-state index >= 15 is 0 Å². The van der Waals surface area contributed by atoms with Crippen molar-refractivity contribution in [3.63, 3.8) is 0 Å². The fourth-order valence-corrected chi connectivity index (χ4v) is 3.32. The van der Waals surface area contributed by atoms with E-state index in [2.05, 4.69) is 62.2 Å². The lowest BCUT2D eigenvalue weighted by molar-refractivity contribution is 0.226. The van der Waals surface area contributed by atoms with Crippen LogP contribution in [0.3, 0.4) is 0 Å². The van der Waals surface area contributed by atoms with Gasteiger partial charge in [0.25, 0.3) is 0 Å². The molecule has 0 amide bonds. The third-order valence-corrected chi connectivity index (χ3v) is 4.96. The molecule has 1 N–H and O–H groups in total. The average Bonchev–Trinajstić information content (AvgIpc) is 2.88. The van der Waals surface area contributed by atoms with E-state index < -0.39 is 0 Å². The van der Waals surface area contributed by atoms with Crippen LogP contribution in [0.15, 0.2) is 24.3 Å². The molecular weight excluding hydrogens is 256 g/mol. The summed E-state index contributed by atoms with van der Waals surface area (Å²) in [4.78, 5) is 2.61. The van der Waals surface area contributed by atoms with E-state index in [4.69, 9.17) is 0 Å². The molecule has 0 saturated carbocycles. The van der Waals surface area contributed by atoms with E-state index in [1.807, 2.05) is 7.05 Å². The Balaban J connectivity index is 1.90. The minimum atomic E-state index is 0.446. The maximum Gasteiger partial charge on any atom is 0.0233 e. The normalized spacial score (nSPS) is 21.7. The third-order valence-electron chi connectivity index (χ3n) is 4.96. The second-order valence-electron chi connectivity index (χ2n) is 7.79. The van der Waals surface area contributed by atoms with Crippen LogP contribution in [0.5, 0.6) is 0 Å². The number of nitrogens with zero attached hydrogens (tertiary/aromatic N) is 1. The van der Waals surface area contributed by atoms with Gasteiger partial charge in [0.1, 0.15) is 0 Å². The van der Waals surface area contributed by atoms with E-state index in [1.54, 1.807) is 0 Å². The van der Waals surface area contributed by atoms with Crippen molar-refractivity contribution < 1.29 is 0 Å². The first kappa shape index (κ1) is 16.5. The molecule has 1 saturated heterocycles. The van der Waals surface area contributed by atoms with Gasteiger partial charge in [-0.25, -0.2) is 0 Å². The van der Waals surface area contributed by atoms with Gasteiger partial charge in [-0.2, -0.15) is 0 Å². The Kier molecular flexibility index (Phi) is 5.45. The van der Waals surface area contributed by atoms with Crippen LogP contribution in [-0.2, 0) is 6.54 Å². The Morgan fingerprint density at radius 2 is 1.90 bits per heavy atom. The van der Waals surface area contributed by atoms with Crippen molar-refractivity contribution in [2.75, 3.05) is 26.7 Å². The molecular formula is C19H32N2. The van der Waals surface area contributed by atoms with E-state index in [0.29, 0.717) is 11.3 Å². The average molecular weight is 288 g/mol. The molecule has 2 rings (SSSR count). The summed E-state index contributed by atoms with van der Waals surface area (Å²) < 4.78 is 0. The monoisotopic (exact) mass is 288 g/mol. The molecule has 118 valence electrons. The molecule has 2 heteroatoms. The highest BCUT2D eigenvalue weighted by Crippen LogP contribution is 2.34. The number of hydrogen-bond acceptors (Lipinski definition) is 2. The smallest absolute Gasteiger partial charge is 0.0233 e. The molecule has 1 aromatic carbocycles.